The van der Waals surface area contributed by atoms with Crippen LogP contribution in [-0.2, 0) is 4.79 Å². The largest absolute Gasteiger partial charge is 0.337 e. The lowest BCUT2D eigenvalue weighted by Crippen LogP contribution is -2.58. The number of nitrogens with one attached hydrogen (secondary N) is 1. The van der Waals surface area contributed by atoms with Crippen LogP contribution < -0.4 is 10.2 Å². The highest BCUT2D eigenvalue weighted by Crippen LogP contribution is 2.39. The maximum Gasteiger partial charge on any atom is 0.247 e. The highest BCUT2D eigenvalue weighted by atomic mass is 35.5. The summed E-state index contributed by atoms with van der Waals surface area (Å²) in [4.78, 5) is 18.1. The van der Waals surface area contributed by atoms with Crippen molar-refractivity contribution in [1.29, 1.82) is 0 Å². The fourth-order valence-electron chi connectivity index (χ4n) is 5.81. The molecule has 1 aromatic rings. The first-order valence-electron chi connectivity index (χ1n) is 11.6. The molecule has 4 rings (SSSR count). The van der Waals surface area contributed by atoms with Gasteiger partial charge in [-0.2, -0.15) is 0 Å². The lowest BCUT2D eigenvalue weighted by molar-refractivity contribution is -0.125. The number of piperidine rings is 1. The summed E-state index contributed by atoms with van der Waals surface area (Å²) in [7, 11) is 0. The van der Waals surface area contributed by atoms with Crippen LogP contribution in [0.1, 0.15) is 77.6 Å². The summed E-state index contributed by atoms with van der Waals surface area (Å²) in [5.74, 6) is 0.231. The van der Waals surface area contributed by atoms with Gasteiger partial charge in [0.05, 0.1) is 6.17 Å². The number of carbonyl (C=O) groups is 1. The summed E-state index contributed by atoms with van der Waals surface area (Å²) < 4.78 is 0. The van der Waals surface area contributed by atoms with Gasteiger partial charge in [0.15, 0.2) is 0 Å². The quantitative estimate of drug-likeness (QED) is 0.722. The Bertz CT molecular complexity index is 635. The van der Waals surface area contributed by atoms with Crippen molar-refractivity contribution in [2.24, 2.45) is 0 Å². The first-order chi connectivity index (χ1) is 13.7. The average Bonchev–Trinajstić information content (AvgIpc) is 2.96. The second kappa shape index (κ2) is 10.2. The van der Waals surface area contributed by atoms with Crippen LogP contribution in [0.3, 0.4) is 0 Å². The van der Waals surface area contributed by atoms with E-state index in [1.54, 1.807) is 0 Å². The van der Waals surface area contributed by atoms with Crippen molar-refractivity contribution in [2.75, 3.05) is 18.0 Å². The predicted octanol–water partition coefficient (Wildman–Crippen LogP) is 5.12. The second-order valence-corrected chi connectivity index (χ2v) is 9.13. The maximum atomic E-state index is 13.0. The van der Waals surface area contributed by atoms with E-state index < -0.39 is 0 Å². The fraction of sp³-hybridized carbons (Fsp3) is 0.708. The van der Waals surface area contributed by atoms with Gasteiger partial charge in [-0.15, -0.1) is 12.4 Å². The highest BCUT2D eigenvalue weighted by Gasteiger charge is 2.53. The Labute approximate surface area is 182 Å². The molecule has 1 saturated carbocycles. The minimum atomic E-state index is -0.368. The lowest BCUT2D eigenvalue weighted by Gasteiger charge is -2.46. The molecule has 162 valence electrons. The van der Waals surface area contributed by atoms with Crippen LogP contribution in [-0.4, -0.2) is 41.6 Å². The van der Waals surface area contributed by atoms with Gasteiger partial charge in [-0.3, -0.25) is 4.79 Å². The molecule has 2 saturated heterocycles. The second-order valence-electron chi connectivity index (χ2n) is 9.13. The van der Waals surface area contributed by atoms with Gasteiger partial charge >= 0.3 is 0 Å². The number of hydrogen-bond donors (Lipinski definition) is 1. The zero-order chi connectivity index (χ0) is 19.4. The lowest BCUT2D eigenvalue weighted by atomic mass is 9.84. The standard InChI is InChI=1S/C24H37N3O.ClH/c1-20-25-23(28)24(27(20)22-14-10-7-11-15-22)16-18-26(19-17-24)21-12-8-5-3-2-4-6-9-13-21;/h7,10-11,14-15,20-21H,2-6,8-9,12-13,16-19H2,1H3,(H,25,28);1H. The molecule has 3 fully saturated rings. The van der Waals surface area contributed by atoms with Crippen molar-refractivity contribution in [3.05, 3.63) is 30.3 Å². The van der Waals surface area contributed by atoms with Crippen molar-refractivity contribution in [2.45, 2.75) is 95.3 Å². The van der Waals surface area contributed by atoms with Gasteiger partial charge in [-0.25, -0.2) is 0 Å². The predicted molar refractivity (Wildman–Crippen MR) is 123 cm³/mol. The normalized spacial score (nSPS) is 26.7. The van der Waals surface area contributed by atoms with Crippen molar-refractivity contribution < 1.29 is 4.79 Å². The average molecular weight is 420 g/mol. The monoisotopic (exact) mass is 419 g/mol. The zero-order valence-electron chi connectivity index (χ0n) is 17.9. The Hall–Kier alpha value is -1.26. The molecule has 1 unspecified atom stereocenters. The van der Waals surface area contributed by atoms with Gasteiger partial charge in [0.25, 0.3) is 0 Å². The molecule has 1 amide bonds. The Balaban J connectivity index is 0.00000240. The number of halogens is 1. The number of anilines is 1. The zero-order valence-corrected chi connectivity index (χ0v) is 18.8. The molecule has 2 aliphatic heterocycles. The van der Waals surface area contributed by atoms with E-state index in [1.807, 2.05) is 6.07 Å². The van der Waals surface area contributed by atoms with Gasteiger partial charge < -0.3 is 15.1 Å². The van der Waals surface area contributed by atoms with E-state index in [4.69, 9.17) is 0 Å². The molecule has 1 aliphatic carbocycles. The van der Waals surface area contributed by atoms with Gasteiger partial charge in [-0.05, 0) is 44.7 Å². The number of likely N-dealkylation sites (tertiary alicyclic amines) is 1. The summed E-state index contributed by atoms with van der Waals surface area (Å²) in [5, 5.41) is 3.22. The van der Waals surface area contributed by atoms with Crippen LogP contribution in [0.2, 0.25) is 0 Å². The molecular formula is C24H38ClN3O. The first-order valence-corrected chi connectivity index (χ1v) is 11.6. The van der Waals surface area contributed by atoms with Crippen LogP contribution in [0, 0.1) is 0 Å². The maximum absolute atomic E-state index is 13.0. The van der Waals surface area contributed by atoms with Gasteiger partial charge in [0.1, 0.15) is 5.54 Å². The van der Waals surface area contributed by atoms with Crippen LogP contribution in [0.5, 0.6) is 0 Å². The van der Waals surface area contributed by atoms with E-state index >= 15 is 0 Å². The van der Waals surface area contributed by atoms with E-state index in [0.717, 1.165) is 32.0 Å². The number of benzene rings is 1. The summed E-state index contributed by atoms with van der Waals surface area (Å²) in [5.41, 5.74) is 0.799. The topological polar surface area (TPSA) is 35.6 Å². The number of carbonyl (C=O) groups excluding carboxylic acids is 1. The molecule has 0 bridgehead atoms. The molecule has 29 heavy (non-hydrogen) atoms. The summed E-state index contributed by atoms with van der Waals surface area (Å²) in [6.07, 6.45) is 14.4. The third-order valence-electron chi connectivity index (χ3n) is 7.36. The van der Waals surface area contributed by atoms with Crippen LogP contribution in [0.15, 0.2) is 30.3 Å². The fourth-order valence-corrected chi connectivity index (χ4v) is 5.81. The van der Waals surface area contributed by atoms with Crippen molar-refractivity contribution in [3.63, 3.8) is 0 Å². The first kappa shape index (κ1) is 22.4. The van der Waals surface area contributed by atoms with Crippen LogP contribution in [0.25, 0.3) is 0 Å². The number of para-hydroxylation sites is 1. The smallest absolute Gasteiger partial charge is 0.247 e. The summed E-state index contributed by atoms with van der Waals surface area (Å²) in [6, 6.07) is 11.2. The molecule has 0 aromatic heterocycles. The molecule has 2 heterocycles. The Morgan fingerprint density at radius 1 is 0.897 bits per heavy atom. The minimum absolute atomic E-state index is 0. The van der Waals surface area contributed by atoms with Gasteiger partial charge in [0.2, 0.25) is 5.91 Å². The number of nitrogens with zero attached hydrogens (tertiary/aromatic N) is 2. The van der Waals surface area contributed by atoms with Gasteiger partial charge in [0, 0.05) is 24.8 Å². The van der Waals surface area contributed by atoms with Crippen LogP contribution in [0.4, 0.5) is 5.69 Å². The molecule has 4 nitrogen and oxygen atoms in total. The molecule has 1 aromatic carbocycles. The molecule has 5 heteroatoms. The number of amides is 1. The summed E-state index contributed by atoms with van der Waals surface area (Å²) >= 11 is 0. The Morgan fingerprint density at radius 3 is 2.03 bits per heavy atom. The van der Waals surface area contributed by atoms with E-state index in [9.17, 15) is 4.79 Å². The van der Waals surface area contributed by atoms with Gasteiger partial charge in [-0.1, -0.05) is 63.1 Å². The van der Waals surface area contributed by atoms with E-state index in [1.165, 1.54) is 63.5 Å². The van der Waals surface area contributed by atoms with Crippen molar-refractivity contribution in [3.8, 4) is 0 Å². The van der Waals surface area contributed by atoms with E-state index in [0.29, 0.717) is 0 Å². The Morgan fingerprint density at radius 2 is 1.45 bits per heavy atom. The SMILES string of the molecule is CC1NC(=O)C2(CCN(C3CCCCCCCCC3)CC2)N1c1ccccc1.Cl. The van der Waals surface area contributed by atoms with E-state index in [2.05, 4.69) is 46.3 Å². The molecule has 0 radical (unpaired) electrons. The third-order valence-corrected chi connectivity index (χ3v) is 7.36. The molecule has 1 N–H and O–H groups in total. The number of hydrogen-bond acceptors (Lipinski definition) is 3. The molecule has 3 aliphatic rings. The minimum Gasteiger partial charge on any atom is -0.337 e. The number of rotatable bonds is 2. The Kier molecular flexibility index (Phi) is 7.86. The van der Waals surface area contributed by atoms with E-state index in [-0.39, 0.29) is 30.0 Å². The summed E-state index contributed by atoms with van der Waals surface area (Å²) in [6.45, 7) is 4.22. The van der Waals surface area contributed by atoms with Crippen molar-refractivity contribution >= 4 is 24.0 Å². The molecular weight excluding hydrogens is 382 g/mol. The van der Waals surface area contributed by atoms with Crippen molar-refractivity contribution in [1.82, 2.24) is 10.2 Å². The molecule has 1 atom stereocenters. The molecule has 1 spiro atoms. The van der Waals surface area contributed by atoms with Crippen LogP contribution >= 0.6 is 12.4 Å². The third kappa shape index (κ3) is 4.74. The highest BCUT2D eigenvalue weighted by molar-refractivity contribution is 5.94.